The Morgan fingerprint density at radius 1 is 1.00 bits per heavy atom. The summed E-state index contributed by atoms with van der Waals surface area (Å²) < 4.78 is 0. The maximum atomic E-state index is 3.47. The lowest BCUT2D eigenvalue weighted by molar-refractivity contribution is 0.430. The third-order valence-corrected chi connectivity index (χ3v) is 2.24. The number of benzene rings is 1. The molecule has 1 heterocycles. The number of halogens is 2. The molecule has 1 saturated heterocycles. The second kappa shape index (κ2) is 7.07. The van der Waals surface area contributed by atoms with Crippen LogP contribution in [0.3, 0.4) is 0 Å². The molecule has 0 radical (unpaired) electrons. The molecule has 1 aromatic rings. The average molecular weight is 235 g/mol. The molecular formula is C10H16Cl2N2. The molecule has 0 unspecified atom stereocenters. The molecule has 0 amide bonds. The minimum absolute atomic E-state index is 0. The number of hydrogen-bond donors (Lipinski definition) is 2. The summed E-state index contributed by atoms with van der Waals surface area (Å²) in [7, 11) is 0. The van der Waals surface area contributed by atoms with Crippen LogP contribution in [0.15, 0.2) is 30.3 Å². The molecule has 14 heavy (non-hydrogen) atoms. The van der Waals surface area contributed by atoms with Crippen molar-refractivity contribution in [1.82, 2.24) is 10.6 Å². The van der Waals surface area contributed by atoms with Crippen molar-refractivity contribution < 1.29 is 0 Å². The molecule has 0 spiro atoms. The molecule has 0 aliphatic carbocycles. The van der Waals surface area contributed by atoms with Crippen molar-refractivity contribution in [2.75, 3.05) is 19.6 Å². The van der Waals surface area contributed by atoms with Gasteiger partial charge in [-0.05, 0) is 5.56 Å². The lowest BCUT2D eigenvalue weighted by atomic mass is 10.1. The summed E-state index contributed by atoms with van der Waals surface area (Å²) in [5.41, 5.74) is 1.38. The van der Waals surface area contributed by atoms with Gasteiger partial charge in [-0.15, -0.1) is 24.8 Å². The Labute approximate surface area is 97.3 Å². The Kier molecular flexibility index (Phi) is 6.93. The van der Waals surface area contributed by atoms with Crippen LogP contribution in [0.1, 0.15) is 11.6 Å². The molecule has 1 aromatic carbocycles. The highest BCUT2D eigenvalue weighted by molar-refractivity contribution is 5.85. The van der Waals surface area contributed by atoms with Gasteiger partial charge < -0.3 is 10.6 Å². The first-order valence-electron chi connectivity index (χ1n) is 4.46. The van der Waals surface area contributed by atoms with Gasteiger partial charge in [0.25, 0.3) is 0 Å². The zero-order valence-electron chi connectivity index (χ0n) is 7.90. The van der Waals surface area contributed by atoms with Crippen LogP contribution < -0.4 is 10.6 Å². The molecule has 1 fully saturated rings. The van der Waals surface area contributed by atoms with Crippen LogP contribution in [0.4, 0.5) is 0 Å². The zero-order chi connectivity index (χ0) is 8.23. The van der Waals surface area contributed by atoms with Gasteiger partial charge in [0.1, 0.15) is 0 Å². The largest absolute Gasteiger partial charge is 0.314 e. The molecule has 1 aliphatic rings. The summed E-state index contributed by atoms with van der Waals surface area (Å²) >= 11 is 0. The first-order chi connectivity index (χ1) is 5.97. The van der Waals surface area contributed by atoms with Gasteiger partial charge in [0, 0.05) is 25.7 Å². The van der Waals surface area contributed by atoms with Crippen LogP contribution in [0.5, 0.6) is 0 Å². The Morgan fingerprint density at radius 3 is 2.29 bits per heavy atom. The molecule has 1 atom stereocenters. The summed E-state index contributed by atoms with van der Waals surface area (Å²) in [4.78, 5) is 0. The van der Waals surface area contributed by atoms with Crippen LogP contribution in [-0.2, 0) is 0 Å². The smallest absolute Gasteiger partial charge is 0.0447 e. The normalized spacial score (nSPS) is 20.4. The summed E-state index contributed by atoms with van der Waals surface area (Å²) in [5.74, 6) is 0. The van der Waals surface area contributed by atoms with Gasteiger partial charge >= 0.3 is 0 Å². The highest BCUT2D eigenvalue weighted by atomic mass is 35.5. The fraction of sp³-hybridized carbons (Fsp3) is 0.400. The average Bonchev–Trinajstić information content (AvgIpc) is 2.21. The Balaban J connectivity index is 0.000000845. The number of rotatable bonds is 1. The van der Waals surface area contributed by atoms with E-state index in [-0.39, 0.29) is 24.8 Å². The van der Waals surface area contributed by atoms with Crippen LogP contribution in [0, 0.1) is 0 Å². The maximum Gasteiger partial charge on any atom is 0.0447 e. The van der Waals surface area contributed by atoms with E-state index in [4.69, 9.17) is 0 Å². The highest BCUT2D eigenvalue weighted by Gasteiger charge is 2.12. The lowest BCUT2D eigenvalue weighted by Crippen LogP contribution is -2.42. The molecule has 2 rings (SSSR count). The summed E-state index contributed by atoms with van der Waals surface area (Å²) in [6.45, 7) is 3.20. The van der Waals surface area contributed by atoms with Crippen LogP contribution in [0.2, 0.25) is 0 Å². The summed E-state index contributed by atoms with van der Waals surface area (Å²) in [6, 6.07) is 11.1. The predicted molar refractivity (Wildman–Crippen MR) is 64.6 cm³/mol. The fourth-order valence-electron chi connectivity index (χ4n) is 1.57. The van der Waals surface area contributed by atoms with Crippen molar-refractivity contribution in [1.29, 1.82) is 0 Å². The molecule has 2 nitrogen and oxygen atoms in total. The maximum absolute atomic E-state index is 3.47. The van der Waals surface area contributed by atoms with E-state index in [9.17, 15) is 0 Å². The van der Waals surface area contributed by atoms with Crippen molar-refractivity contribution in [3.8, 4) is 0 Å². The fourth-order valence-corrected chi connectivity index (χ4v) is 1.57. The Bertz CT molecular complexity index is 235. The van der Waals surface area contributed by atoms with Gasteiger partial charge in [-0.3, -0.25) is 0 Å². The third-order valence-electron chi connectivity index (χ3n) is 2.24. The van der Waals surface area contributed by atoms with E-state index in [2.05, 4.69) is 41.0 Å². The van der Waals surface area contributed by atoms with Crippen LogP contribution in [-0.4, -0.2) is 19.6 Å². The highest BCUT2D eigenvalue weighted by Crippen LogP contribution is 2.12. The molecule has 0 saturated carbocycles. The second-order valence-electron chi connectivity index (χ2n) is 3.12. The van der Waals surface area contributed by atoms with Gasteiger partial charge in [-0.25, -0.2) is 0 Å². The minimum atomic E-state index is 0. The zero-order valence-corrected chi connectivity index (χ0v) is 9.53. The van der Waals surface area contributed by atoms with Crippen LogP contribution >= 0.6 is 24.8 Å². The topological polar surface area (TPSA) is 24.1 Å². The first-order valence-corrected chi connectivity index (χ1v) is 4.46. The van der Waals surface area contributed by atoms with Crippen molar-refractivity contribution in [3.05, 3.63) is 35.9 Å². The molecule has 2 N–H and O–H groups in total. The minimum Gasteiger partial charge on any atom is -0.314 e. The first kappa shape index (κ1) is 13.7. The van der Waals surface area contributed by atoms with Gasteiger partial charge in [0.2, 0.25) is 0 Å². The summed E-state index contributed by atoms with van der Waals surface area (Å²) in [5, 5.41) is 6.84. The van der Waals surface area contributed by atoms with E-state index in [0.717, 1.165) is 19.6 Å². The molecule has 0 bridgehead atoms. The van der Waals surface area contributed by atoms with E-state index in [0.29, 0.717) is 6.04 Å². The van der Waals surface area contributed by atoms with E-state index in [1.165, 1.54) is 5.56 Å². The van der Waals surface area contributed by atoms with Crippen molar-refractivity contribution >= 4 is 24.8 Å². The molecular weight excluding hydrogens is 219 g/mol. The number of piperazine rings is 1. The van der Waals surface area contributed by atoms with Gasteiger partial charge in [0.05, 0.1) is 0 Å². The second-order valence-corrected chi connectivity index (χ2v) is 3.12. The Morgan fingerprint density at radius 2 is 1.71 bits per heavy atom. The van der Waals surface area contributed by atoms with Crippen molar-refractivity contribution in [2.45, 2.75) is 6.04 Å². The van der Waals surface area contributed by atoms with Crippen molar-refractivity contribution in [2.24, 2.45) is 0 Å². The number of nitrogens with one attached hydrogen (secondary N) is 2. The van der Waals surface area contributed by atoms with Gasteiger partial charge in [-0.1, -0.05) is 30.3 Å². The molecule has 1 aliphatic heterocycles. The van der Waals surface area contributed by atoms with E-state index in [1.54, 1.807) is 0 Å². The number of hydrogen-bond acceptors (Lipinski definition) is 2. The van der Waals surface area contributed by atoms with E-state index < -0.39 is 0 Å². The quantitative estimate of drug-likeness (QED) is 0.775. The standard InChI is InChI=1S/C10H14N2.2ClH/c1-2-4-9(5-3-1)10-8-11-6-7-12-10;;/h1-5,10-12H,6-8H2;2*1H/t10-;;/m1../s1. The molecule has 0 aromatic heterocycles. The lowest BCUT2D eigenvalue weighted by Gasteiger charge is -2.24. The predicted octanol–water partition coefficient (Wildman–Crippen LogP) is 1.76. The molecule has 80 valence electrons. The van der Waals surface area contributed by atoms with Gasteiger partial charge in [0.15, 0.2) is 0 Å². The van der Waals surface area contributed by atoms with E-state index >= 15 is 0 Å². The SMILES string of the molecule is Cl.Cl.c1ccc([C@H]2CNCCN2)cc1. The monoisotopic (exact) mass is 234 g/mol. The van der Waals surface area contributed by atoms with Crippen LogP contribution in [0.25, 0.3) is 0 Å². The summed E-state index contributed by atoms with van der Waals surface area (Å²) in [6.07, 6.45) is 0. The van der Waals surface area contributed by atoms with Crippen molar-refractivity contribution in [3.63, 3.8) is 0 Å². The van der Waals surface area contributed by atoms with E-state index in [1.807, 2.05) is 0 Å². The Hall–Kier alpha value is -0.280. The third kappa shape index (κ3) is 3.46. The molecule has 4 heteroatoms. The van der Waals surface area contributed by atoms with Gasteiger partial charge in [-0.2, -0.15) is 0 Å².